The van der Waals surface area contributed by atoms with Crippen molar-refractivity contribution in [1.29, 1.82) is 0 Å². The van der Waals surface area contributed by atoms with E-state index in [0.717, 1.165) is 29.7 Å². The van der Waals surface area contributed by atoms with Crippen molar-refractivity contribution in [3.8, 4) is 0 Å². The van der Waals surface area contributed by atoms with E-state index in [1.807, 2.05) is 32.0 Å². The highest BCUT2D eigenvalue weighted by molar-refractivity contribution is 8.02. The number of rotatable bonds is 7. The summed E-state index contributed by atoms with van der Waals surface area (Å²) >= 11 is 1.67. The number of thioether (sulfide) groups is 1. The molecule has 168 valence electrons. The number of carbonyl (C=O) groups excluding carboxylic acids is 3. The van der Waals surface area contributed by atoms with Gasteiger partial charge in [-0.15, -0.1) is 11.8 Å². The SMILES string of the molecule is CNC(=O)[C@@H]1[C@H]2C(=O)N(CCCCO)C(C(=O)Nc3cc(C)ccc3C)C23CC[C@H]1S3. The molecule has 0 saturated carbocycles. The minimum atomic E-state index is -0.617. The van der Waals surface area contributed by atoms with Gasteiger partial charge < -0.3 is 20.6 Å². The Labute approximate surface area is 187 Å². The largest absolute Gasteiger partial charge is 0.396 e. The van der Waals surface area contributed by atoms with Crippen LogP contribution in [0, 0.1) is 25.7 Å². The van der Waals surface area contributed by atoms with Gasteiger partial charge in [-0.1, -0.05) is 12.1 Å². The number of likely N-dealkylation sites (tertiary alicyclic amines) is 1. The summed E-state index contributed by atoms with van der Waals surface area (Å²) in [7, 11) is 1.61. The molecule has 3 aliphatic heterocycles. The number of nitrogens with zero attached hydrogens (tertiary/aromatic N) is 1. The second-order valence-electron chi connectivity index (χ2n) is 8.94. The fourth-order valence-corrected chi connectivity index (χ4v) is 7.85. The fourth-order valence-electron chi connectivity index (χ4n) is 5.63. The minimum Gasteiger partial charge on any atom is -0.396 e. The van der Waals surface area contributed by atoms with E-state index in [9.17, 15) is 19.5 Å². The zero-order valence-electron chi connectivity index (χ0n) is 18.3. The number of aliphatic hydroxyl groups is 1. The van der Waals surface area contributed by atoms with Crippen LogP contribution in [0.3, 0.4) is 0 Å². The molecule has 1 aromatic rings. The number of unbranched alkanes of at least 4 members (excludes halogenated alkanes) is 1. The molecule has 7 nitrogen and oxygen atoms in total. The molecule has 0 aliphatic carbocycles. The molecule has 1 aromatic carbocycles. The normalized spacial score (nSPS) is 31.1. The van der Waals surface area contributed by atoms with E-state index in [4.69, 9.17) is 0 Å². The van der Waals surface area contributed by atoms with Crippen LogP contribution in [0.2, 0.25) is 0 Å². The first kappa shape index (κ1) is 22.1. The molecule has 31 heavy (non-hydrogen) atoms. The first-order valence-electron chi connectivity index (χ1n) is 11.0. The van der Waals surface area contributed by atoms with Crippen LogP contribution in [0.25, 0.3) is 0 Å². The molecule has 3 aliphatic rings. The Morgan fingerprint density at radius 2 is 2.03 bits per heavy atom. The smallest absolute Gasteiger partial charge is 0.248 e. The lowest BCUT2D eigenvalue weighted by atomic mass is 9.70. The predicted octanol–water partition coefficient (Wildman–Crippen LogP) is 1.85. The lowest BCUT2D eigenvalue weighted by Gasteiger charge is -2.34. The van der Waals surface area contributed by atoms with Crippen LogP contribution in [0.1, 0.15) is 36.8 Å². The van der Waals surface area contributed by atoms with Crippen molar-refractivity contribution in [3.63, 3.8) is 0 Å². The number of anilines is 1. The molecule has 0 aromatic heterocycles. The average molecular weight is 446 g/mol. The van der Waals surface area contributed by atoms with Gasteiger partial charge in [-0.2, -0.15) is 0 Å². The highest BCUT2D eigenvalue weighted by Gasteiger charge is 2.73. The van der Waals surface area contributed by atoms with Gasteiger partial charge in [0.15, 0.2) is 0 Å². The Morgan fingerprint density at radius 1 is 1.26 bits per heavy atom. The highest BCUT2D eigenvalue weighted by atomic mass is 32.2. The van der Waals surface area contributed by atoms with Gasteiger partial charge in [-0.05, 0) is 56.7 Å². The summed E-state index contributed by atoms with van der Waals surface area (Å²) in [6.45, 7) is 4.39. The lowest BCUT2D eigenvalue weighted by Crippen LogP contribution is -2.51. The van der Waals surface area contributed by atoms with E-state index >= 15 is 0 Å². The summed E-state index contributed by atoms with van der Waals surface area (Å²) in [5.74, 6) is -1.25. The Balaban J connectivity index is 1.69. The van der Waals surface area contributed by atoms with Gasteiger partial charge in [-0.25, -0.2) is 0 Å². The molecule has 3 saturated heterocycles. The van der Waals surface area contributed by atoms with E-state index in [1.54, 1.807) is 23.7 Å². The summed E-state index contributed by atoms with van der Waals surface area (Å²) in [4.78, 5) is 41.6. The Hall–Kier alpha value is -2.06. The number of hydrogen-bond acceptors (Lipinski definition) is 5. The molecule has 3 fully saturated rings. The number of aliphatic hydroxyl groups excluding tert-OH is 1. The Morgan fingerprint density at radius 3 is 2.74 bits per heavy atom. The summed E-state index contributed by atoms with van der Waals surface area (Å²) in [6.07, 6.45) is 2.79. The second-order valence-corrected chi connectivity index (χ2v) is 10.5. The summed E-state index contributed by atoms with van der Waals surface area (Å²) in [5, 5.41) is 15.1. The molecule has 3 N–H and O–H groups in total. The van der Waals surface area contributed by atoms with Crippen LogP contribution in [0.15, 0.2) is 18.2 Å². The van der Waals surface area contributed by atoms with Crippen LogP contribution < -0.4 is 10.6 Å². The average Bonchev–Trinajstić information content (AvgIpc) is 3.38. The maximum atomic E-state index is 13.7. The third-order valence-corrected chi connectivity index (χ3v) is 9.01. The van der Waals surface area contributed by atoms with Gasteiger partial charge in [0.2, 0.25) is 17.7 Å². The number of carbonyl (C=O) groups is 3. The summed E-state index contributed by atoms with van der Waals surface area (Å²) in [6, 6.07) is 5.31. The zero-order valence-corrected chi connectivity index (χ0v) is 19.1. The maximum Gasteiger partial charge on any atom is 0.248 e. The highest BCUT2D eigenvalue weighted by Crippen LogP contribution is 2.66. The van der Waals surface area contributed by atoms with Gasteiger partial charge >= 0.3 is 0 Å². The molecule has 1 spiro atoms. The van der Waals surface area contributed by atoms with Crippen LogP contribution in [-0.4, -0.2) is 64.0 Å². The number of hydrogen-bond donors (Lipinski definition) is 3. The van der Waals surface area contributed by atoms with Crippen molar-refractivity contribution < 1.29 is 19.5 Å². The van der Waals surface area contributed by atoms with E-state index in [1.165, 1.54) is 0 Å². The number of amides is 3. The molecular weight excluding hydrogens is 414 g/mol. The number of aryl methyl sites for hydroxylation is 2. The van der Waals surface area contributed by atoms with Crippen molar-refractivity contribution in [3.05, 3.63) is 29.3 Å². The first-order valence-corrected chi connectivity index (χ1v) is 11.9. The van der Waals surface area contributed by atoms with Crippen molar-refractivity contribution >= 4 is 35.2 Å². The van der Waals surface area contributed by atoms with Gasteiger partial charge in [0.05, 0.1) is 16.6 Å². The van der Waals surface area contributed by atoms with Crippen LogP contribution >= 0.6 is 11.8 Å². The molecule has 5 atom stereocenters. The summed E-state index contributed by atoms with van der Waals surface area (Å²) < 4.78 is -0.569. The quantitative estimate of drug-likeness (QED) is 0.557. The second kappa shape index (κ2) is 8.47. The van der Waals surface area contributed by atoms with Gasteiger partial charge in [0.25, 0.3) is 0 Å². The van der Waals surface area contributed by atoms with Crippen molar-refractivity contribution in [2.75, 3.05) is 25.5 Å². The van der Waals surface area contributed by atoms with E-state index in [2.05, 4.69) is 10.6 Å². The van der Waals surface area contributed by atoms with E-state index in [-0.39, 0.29) is 29.6 Å². The third-order valence-electron chi connectivity index (χ3n) is 7.06. The fraction of sp³-hybridized carbons (Fsp3) is 0.609. The Bertz CT molecular complexity index is 907. The number of nitrogens with one attached hydrogen (secondary N) is 2. The van der Waals surface area contributed by atoms with Gasteiger partial charge in [-0.3, -0.25) is 14.4 Å². The van der Waals surface area contributed by atoms with Gasteiger partial charge in [0.1, 0.15) is 6.04 Å². The Kier molecular flexibility index (Phi) is 6.05. The van der Waals surface area contributed by atoms with Crippen LogP contribution in [-0.2, 0) is 14.4 Å². The predicted molar refractivity (Wildman–Crippen MR) is 121 cm³/mol. The molecule has 4 rings (SSSR count). The van der Waals surface area contributed by atoms with Crippen LogP contribution in [0.5, 0.6) is 0 Å². The lowest BCUT2D eigenvalue weighted by molar-refractivity contribution is -0.139. The maximum absolute atomic E-state index is 13.7. The number of fused-ring (bicyclic) bond motifs is 1. The zero-order chi connectivity index (χ0) is 22.3. The molecule has 2 unspecified atom stereocenters. The van der Waals surface area contributed by atoms with Crippen molar-refractivity contribution in [2.24, 2.45) is 11.8 Å². The molecular formula is C23H31N3O4S. The first-order chi connectivity index (χ1) is 14.8. The van der Waals surface area contributed by atoms with Crippen molar-refractivity contribution in [1.82, 2.24) is 10.2 Å². The van der Waals surface area contributed by atoms with E-state index < -0.39 is 22.6 Å². The summed E-state index contributed by atoms with van der Waals surface area (Å²) in [5.41, 5.74) is 2.78. The van der Waals surface area contributed by atoms with Gasteiger partial charge in [0, 0.05) is 31.1 Å². The minimum absolute atomic E-state index is 0.0492. The van der Waals surface area contributed by atoms with E-state index in [0.29, 0.717) is 19.4 Å². The topological polar surface area (TPSA) is 98.7 Å². The molecule has 8 heteroatoms. The standard InChI is InChI=1S/C23H31N3O4S/c1-13-6-7-14(2)15(12-13)25-21(29)19-23-9-8-16(31-23)17(20(28)24-3)18(23)22(30)26(19)10-4-5-11-27/h6-7,12,16-19,27H,4-5,8-11H2,1-3H3,(H,24,28)(H,25,29)/t16-,17+,18+,19?,23?/m1/s1. The molecule has 2 bridgehead atoms. The number of benzene rings is 1. The van der Waals surface area contributed by atoms with Crippen LogP contribution in [0.4, 0.5) is 5.69 Å². The third kappa shape index (κ3) is 3.53. The van der Waals surface area contributed by atoms with Crippen molar-refractivity contribution in [2.45, 2.75) is 55.6 Å². The molecule has 0 radical (unpaired) electrons. The molecule has 3 amide bonds. The molecule has 3 heterocycles. The monoisotopic (exact) mass is 445 g/mol.